The molecular formula is C15H18N4O3S. The third-order valence-corrected chi connectivity index (χ3v) is 4.10. The predicted molar refractivity (Wildman–Crippen MR) is 86.3 cm³/mol. The minimum absolute atomic E-state index is 0.279. The van der Waals surface area contributed by atoms with Crippen molar-refractivity contribution in [2.24, 2.45) is 5.73 Å². The number of para-hydroxylation sites is 1. The molecule has 1 heterocycles. The number of hydrogen-bond donors (Lipinski definition) is 2. The van der Waals surface area contributed by atoms with Gasteiger partial charge in [-0.05, 0) is 12.1 Å². The molecule has 1 aromatic carbocycles. The first-order valence-electron chi connectivity index (χ1n) is 7.08. The number of benzene rings is 1. The van der Waals surface area contributed by atoms with Crippen molar-refractivity contribution in [2.75, 3.05) is 6.61 Å². The van der Waals surface area contributed by atoms with Crippen LogP contribution in [0.1, 0.15) is 40.1 Å². The summed E-state index contributed by atoms with van der Waals surface area (Å²) in [5, 5.41) is 12.6. The number of hydrogen-bond acceptors (Lipinski definition) is 6. The van der Waals surface area contributed by atoms with Crippen LogP contribution in [0.3, 0.4) is 0 Å². The molecule has 0 aliphatic rings. The summed E-state index contributed by atoms with van der Waals surface area (Å²) in [5.41, 5.74) is 5.39. The molecule has 0 atom stereocenters. The van der Waals surface area contributed by atoms with Crippen LogP contribution in [0.4, 0.5) is 0 Å². The SMILES string of the molecule is CC(C)c1nnc(CNC(=O)c2ccccc2OCC(N)=O)s1. The molecule has 3 N–H and O–H groups in total. The molecule has 0 saturated carbocycles. The van der Waals surface area contributed by atoms with E-state index < -0.39 is 5.91 Å². The molecule has 23 heavy (non-hydrogen) atoms. The molecule has 0 spiro atoms. The van der Waals surface area contributed by atoms with Gasteiger partial charge in [0.2, 0.25) is 0 Å². The molecule has 7 nitrogen and oxygen atoms in total. The topological polar surface area (TPSA) is 107 Å². The van der Waals surface area contributed by atoms with E-state index in [0.717, 1.165) is 10.0 Å². The number of nitrogens with two attached hydrogens (primary N) is 1. The number of carbonyl (C=O) groups is 2. The molecule has 0 bridgehead atoms. The molecule has 2 amide bonds. The van der Waals surface area contributed by atoms with Crippen LogP contribution in [0.25, 0.3) is 0 Å². The van der Waals surface area contributed by atoms with E-state index in [-0.39, 0.29) is 19.1 Å². The lowest BCUT2D eigenvalue weighted by Crippen LogP contribution is -2.25. The highest BCUT2D eigenvalue weighted by atomic mass is 32.1. The van der Waals surface area contributed by atoms with Crippen molar-refractivity contribution in [3.05, 3.63) is 39.8 Å². The smallest absolute Gasteiger partial charge is 0.255 e. The van der Waals surface area contributed by atoms with Crippen molar-refractivity contribution in [1.29, 1.82) is 0 Å². The molecular weight excluding hydrogens is 316 g/mol. The number of primary amides is 1. The maximum absolute atomic E-state index is 12.3. The third-order valence-electron chi connectivity index (χ3n) is 2.88. The fourth-order valence-electron chi connectivity index (χ4n) is 1.75. The average molecular weight is 334 g/mol. The summed E-state index contributed by atoms with van der Waals surface area (Å²) in [4.78, 5) is 23.1. The Balaban J connectivity index is 2.01. The van der Waals surface area contributed by atoms with Crippen LogP contribution in [0.2, 0.25) is 0 Å². The van der Waals surface area contributed by atoms with Gasteiger partial charge in [0.05, 0.1) is 12.1 Å². The van der Waals surface area contributed by atoms with Crippen LogP contribution in [-0.4, -0.2) is 28.6 Å². The van der Waals surface area contributed by atoms with E-state index in [4.69, 9.17) is 10.5 Å². The van der Waals surface area contributed by atoms with Crippen LogP contribution in [0.5, 0.6) is 5.75 Å². The summed E-state index contributed by atoms with van der Waals surface area (Å²) in [6, 6.07) is 6.66. The highest BCUT2D eigenvalue weighted by Crippen LogP contribution is 2.20. The standard InChI is InChI=1S/C15H18N4O3S/c1-9(2)15-19-18-13(23-15)7-17-14(21)10-5-3-4-6-11(10)22-8-12(16)20/h3-6,9H,7-8H2,1-2H3,(H2,16,20)(H,17,21). The molecule has 0 unspecified atom stereocenters. The molecule has 8 heteroatoms. The van der Waals surface area contributed by atoms with Gasteiger partial charge in [-0.2, -0.15) is 0 Å². The molecule has 0 aliphatic heterocycles. The van der Waals surface area contributed by atoms with Crippen LogP contribution < -0.4 is 15.8 Å². The van der Waals surface area contributed by atoms with E-state index in [1.54, 1.807) is 24.3 Å². The van der Waals surface area contributed by atoms with Crippen molar-refractivity contribution in [2.45, 2.75) is 26.3 Å². The van der Waals surface area contributed by atoms with Crippen molar-refractivity contribution >= 4 is 23.2 Å². The molecule has 0 fully saturated rings. The second-order valence-corrected chi connectivity index (χ2v) is 6.22. The summed E-state index contributed by atoms with van der Waals surface area (Å²) in [6.45, 7) is 4.08. The summed E-state index contributed by atoms with van der Waals surface area (Å²) in [5.74, 6) is -0.300. The van der Waals surface area contributed by atoms with E-state index in [0.29, 0.717) is 17.2 Å². The van der Waals surface area contributed by atoms with E-state index in [9.17, 15) is 9.59 Å². The first-order chi connectivity index (χ1) is 11.0. The third kappa shape index (κ3) is 4.75. The van der Waals surface area contributed by atoms with Crippen LogP contribution in [-0.2, 0) is 11.3 Å². The fraction of sp³-hybridized carbons (Fsp3) is 0.333. The first kappa shape index (κ1) is 16.9. The van der Waals surface area contributed by atoms with Gasteiger partial charge in [-0.25, -0.2) is 0 Å². The van der Waals surface area contributed by atoms with Crippen LogP contribution in [0, 0.1) is 0 Å². The van der Waals surface area contributed by atoms with Gasteiger partial charge in [0.25, 0.3) is 11.8 Å². The summed E-state index contributed by atoms with van der Waals surface area (Å²) in [6.07, 6.45) is 0. The molecule has 0 radical (unpaired) electrons. The summed E-state index contributed by atoms with van der Waals surface area (Å²) in [7, 11) is 0. The van der Waals surface area contributed by atoms with Gasteiger partial charge in [0.1, 0.15) is 15.8 Å². The Kier molecular flexibility index (Phi) is 5.64. The zero-order valence-corrected chi connectivity index (χ0v) is 13.7. The lowest BCUT2D eigenvalue weighted by molar-refractivity contribution is -0.119. The van der Waals surface area contributed by atoms with E-state index in [1.165, 1.54) is 11.3 Å². The minimum Gasteiger partial charge on any atom is -0.483 e. The van der Waals surface area contributed by atoms with Crippen molar-refractivity contribution in [3.63, 3.8) is 0 Å². The number of nitrogens with one attached hydrogen (secondary N) is 1. The zero-order chi connectivity index (χ0) is 16.8. The molecule has 0 saturated heterocycles. The summed E-state index contributed by atoms with van der Waals surface area (Å²) < 4.78 is 5.25. The Morgan fingerprint density at radius 2 is 2.04 bits per heavy atom. The average Bonchev–Trinajstić information content (AvgIpc) is 3.00. The Labute approximate surface area is 137 Å². The number of rotatable bonds is 7. The van der Waals surface area contributed by atoms with Crippen molar-refractivity contribution in [3.8, 4) is 5.75 Å². The first-order valence-corrected chi connectivity index (χ1v) is 7.89. The molecule has 0 aliphatic carbocycles. The second-order valence-electron chi connectivity index (χ2n) is 5.12. The maximum atomic E-state index is 12.3. The monoisotopic (exact) mass is 334 g/mol. The van der Waals surface area contributed by atoms with Gasteiger partial charge >= 0.3 is 0 Å². The highest BCUT2D eigenvalue weighted by molar-refractivity contribution is 7.11. The number of nitrogens with zero attached hydrogens (tertiary/aromatic N) is 2. The van der Waals surface area contributed by atoms with Gasteiger partial charge < -0.3 is 15.8 Å². The Morgan fingerprint density at radius 3 is 2.70 bits per heavy atom. The Hall–Kier alpha value is -2.48. The number of aromatic nitrogens is 2. The number of ether oxygens (including phenoxy) is 1. The number of carbonyl (C=O) groups excluding carboxylic acids is 2. The molecule has 122 valence electrons. The molecule has 2 rings (SSSR count). The molecule has 1 aromatic heterocycles. The van der Waals surface area contributed by atoms with E-state index in [1.807, 2.05) is 13.8 Å². The van der Waals surface area contributed by atoms with E-state index >= 15 is 0 Å². The predicted octanol–water partition coefficient (Wildman–Crippen LogP) is 1.46. The fourth-order valence-corrected chi connectivity index (χ4v) is 2.54. The molecule has 2 aromatic rings. The van der Waals surface area contributed by atoms with Gasteiger partial charge in [-0.15, -0.1) is 10.2 Å². The zero-order valence-electron chi connectivity index (χ0n) is 12.9. The lowest BCUT2D eigenvalue weighted by Gasteiger charge is -2.09. The lowest BCUT2D eigenvalue weighted by atomic mass is 10.2. The van der Waals surface area contributed by atoms with Crippen molar-refractivity contribution < 1.29 is 14.3 Å². The number of amides is 2. The quantitative estimate of drug-likeness (QED) is 0.797. The van der Waals surface area contributed by atoms with Crippen LogP contribution in [0.15, 0.2) is 24.3 Å². The maximum Gasteiger partial charge on any atom is 0.255 e. The van der Waals surface area contributed by atoms with E-state index in [2.05, 4.69) is 15.5 Å². The van der Waals surface area contributed by atoms with Crippen molar-refractivity contribution in [1.82, 2.24) is 15.5 Å². The minimum atomic E-state index is -0.602. The second kappa shape index (κ2) is 7.68. The Morgan fingerprint density at radius 1 is 1.30 bits per heavy atom. The normalized spacial score (nSPS) is 10.6. The van der Waals surface area contributed by atoms with Gasteiger partial charge in [-0.3, -0.25) is 9.59 Å². The summed E-state index contributed by atoms with van der Waals surface area (Å²) >= 11 is 1.47. The Bertz CT molecular complexity index is 700. The van der Waals surface area contributed by atoms with Gasteiger partial charge in [0.15, 0.2) is 6.61 Å². The van der Waals surface area contributed by atoms with Crippen LogP contribution >= 0.6 is 11.3 Å². The van der Waals surface area contributed by atoms with Gasteiger partial charge in [-0.1, -0.05) is 37.3 Å². The highest BCUT2D eigenvalue weighted by Gasteiger charge is 2.14. The largest absolute Gasteiger partial charge is 0.483 e. The van der Waals surface area contributed by atoms with Gasteiger partial charge in [0, 0.05) is 5.92 Å².